The monoisotopic (exact) mass is 258 g/mol. The van der Waals surface area contributed by atoms with Crippen molar-refractivity contribution in [2.45, 2.75) is 57.5 Å². The van der Waals surface area contributed by atoms with Crippen molar-refractivity contribution < 1.29 is 5.11 Å². The third-order valence-corrected chi connectivity index (χ3v) is 5.97. The molecular weight excluding hydrogens is 232 g/mol. The lowest BCUT2D eigenvalue weighted by atomic mass is 9.50. The Morgan fingerprint density at radius 3 is 2.42 bits per heavy atom. The van der Waals surface area contributed by atoms with Crippen LogP contribution in [0.4, 0.5) is 0 Å². The van der Waals surface area contributed by atoms with Gasteiger partial charge in [-0.1, -0.05) is 44.2 Å². The number of hydrogen-bond donors (Lipinski definition) is 1. The van der Waals surface area contributed by atoms with Gasteiger partial charge in [-0.15, -0.1) is 0 Å². The van der Waals surface area contributed by atoms with Gasteiger partial charge in [0, 0.05) is 0 Å². The van der Waals surface area contributed by atoms with Gasteiger partial charge >= 0.3 is 0 Å². The lowest BCUT2D eigenvalue weighted by Crippen LogP contribution is -2.55. The van der Waals surface area contributed by atoms with Crippen LogP contribution in [0, 0.1) is 17.8 Å². The Kier molecular flexibility index (Phi) is 3.01. The summed E-state index contributed by atoms with van der Waals surface area (Å²) in [6.07, 6.45) is 4.77. The molecule has 0 spiro atoms. The summed E-state index contributed by atoms with van der Waals surface area (Å²) in [4.78, 5) is 0. The van der Waals surface area contributed by atoms with Gasteiger partial charge in [-0.2, -0.15) is 0 Å². The molecule has 2 aliphatic rings. The van der Waals surface area contributed by atoms with E-state index in [4.69, 9.17) is 0 Å². The second kappa shape index (κ2) is 4.34. The summed E-state index contributed by atoms with van der Waals surface area (Å²) in [5.74, 6) is 1.57. The topological polar surface area (TPSA) is 20.2 Å². The van der Waals surface area contributed by atoms with Crippen molar-refractivity contribution in [1.29, 1.82) is 0 Å². The summed E-state index contributed by atoms with van der Waals surface area (Å²) >= 11 is 0. The smallest absolute Gasteiger partial charge is 0.0673 e. The van der Waals surface area contributed by atoms with Gasteiger partial charge in [0.15, 0.2) is 0 Å². The number of rotatable bonds is 1. The molecule has 2 fully saturated rings. The molecule has 1 aromatic carbocycles. The maximum atomic E-state index is 10.8. The Bertz CT molecular complexity index is 446. The zero-order valence-corrected chi connectivity index (χ0v) is 12.4. The molecule has 0 radical (unpaired) electrons. The molecule has 2 bridgehead atoms. The molecular formula is C18H26O. The molecule has 0 saturated heterocycles. The van der Waals surface area contributed by atoms with E-state index in [9.17, 15) is 5.11 Å². The first-order valence-corrected chi connectivity index (χ1v) is 7.72. The molecule has 1 nitrogen and oxygen atoms in total. The minimum Gasteiger partial charge on any atom is -0.390 e. The number of benzene rings is 1. The molecule has 104 valence electrons. The van der Waals surface area contributed by atoms with Crippen molar-refractivity contribution in [3.8, 4) is 0 Å². The Morgan fingerprint density at radius 1 is 1.05 bits per heavy atom. The first-order chi connectivity index (χ1) is 8.94. The molecule has 19 heavy (non-hydrogen) atoms. The minimum absolute atomic E-state index is 0.311. The predicted octanol–water partition coefficient (Wildman–Crippen LogP) is 4.15. The zero-order valence-electron chi connectivity index (χ0n) is 12.4. The Hall–Kier alpha value is -0.820. The molecule has 0 amide bonds. The molecule has 0 aliphatic heterocycles. The Labute approximate surface area is 117 Å². The van der Waals surface area contributed by atoms with Gasteiger partial charge in [-0.25, -0.2) is 0 Å². The van der Waals surface area contributed by atoms with E-state index in [0.29, 0.717) is 17.3 Å². The molecule has 1 heteroatoms. The lowest BCUT2D eigenvalue weighted by molar-refractivity contribution is -0.122. The number of aliphatic hydroxyl groups is 1. The standard InChI is InChI=1S/C18H26O/c1-13-9-16-12-18(10-13,11-14(2)17(16,3)19)15-7-5-4-6-8-15/h4-8,13-14,16,19H,9-12H2,1-3H3. The van der Waals surface area contributed by atoms with Gasteiger partial charge in [-0.05, 0) is 61.3 Å². The van der Waals surface area contributed by atoms with Crippen LogP contribution in [0.2, 0.25) is 0 Å². The maximum absolute atomic E-state index is 10.8. The Morgan fingerprint density at radius 2 is 1.74 bits per heavy atom. The highest BCUT2D eigenvalue weighted by molar-refractivity contribution is 5.29. The van der Waals surface area contributed by atoms with E-state index >= 15 is 0 Å². The van der Waals surface area contributed by atoms with E-state index in [1.807, 2.05) is 0 Å². The highest BCUT2D eigenvalue weighted by Crippen LogP contribution is 2.57. The van der Waals surface area contributed by atoms with Crippen LogP contribution in [-0.2, 0) is 5.41 Å². The van der Waals surface area contributed by atoms with Crippen LogP contribution in [0.3, 0.4) is 0 Å². The summed E-state index contributed by atoms with van der Waals surface area (Å²) < 4.78 is 0. The minimum atomic E-state index is -0.479. The third kappa shape index (κ3) is 2.03. The molecule has 3 rings (SSSR count). The van der Waals surface area contributed by atoms with E-state index in [-0.39, 0.29) is 0 Å². The molecule has 1 N–H and O–H groups in total. The van der Waals surface area contributed by atoms with Crippen molar-refractivity contribution >= 4 is 0 Å². The second-order valence-corrected chi connectivity index (χ2v) is 7.42. The van der Waals surface area contributed by atoms with Crippen LogP contribution in [0.15, 0.2) is 30.3 Å². The van der Waals surface area contributed by atoms with Crippen molar-refractivity contribution in [1.82, 2.24) is 0 Å². The maximum Gasteiger partial charge on any atom is 0.0673 e. The average molecular weight is 258 g/mol. The van der Waals surface area contributed by atoms with Crippen LogP contribution in [-0.4, -0.2) is 10.7 Å². The fourth-order valence-electron chi connectivity index (χ4n) is 4.83. The number of fused-ring (bicyclic) bond motifs is 2. The quantitative estimate of drug-likeness (QED) is 0.802. The van der Waals surface area contributed by atoms with Gasteiger partial charge in [0.05, 0.1) is 5.60 Å². The normalized spacial score (nSPS) is 46.0. The van der Waals surface area contributed by atoms with E-state index < -0.39 is 5.60 Å². The lowest BCUT2D eigenvalue weighted by Gasteiger charge is -2.56. The van der Waals surface area contributed by atoms with E-state index in [1.54, 1.807) is 0 Å². The van der Waals surface area contributed by atoms with Crippen molar-refractivity contribution in [3.63, 3.8) is 0 Å². The van der Waals surface area contributed by atoms with E-state index in [2.05, 4.69) is 51.1 Å². The summed E-state index contributed by atoms with van der Waals surface area (Å²) in [5.41, 5.74) is 1.33. The summed E-state index contributed by atoms with van der Waals surface area (Å²) in [6.45, 7) is 6.66. The summed E-state index contributed by atoms with van der Waals surface area (Å²) in [5, 5.41) is 10.8. The molecule has 2 aliphatic carbocycles. The van der Waals surface area contributed by atoms with Crippen LogP contribution in [0.1, 0.15) is 52.0 Å². The summed E-state index contributed by atoms with van der Waals surface area (Å²) in [6, 6.07) is 11.0. The van der Waals surface area contributed by atoms with Crippen molar-refractivity contribution in [3.05, 3.63) is 35.9 Å². The Balaban J connectivity index is 2.02. The summed E-state index contributed by atoms with van der Waals surface area (Å²) in [7, 11) is 0. The van der Waals surface area contributed by atoms with Crippen LogP contribution in [0.5, 0.6) is 0 Å². The second-order valence-electron chi connectivity index (χ2n) is 7.42. The van der Waals surface area contributed by atoms with E-state index in [0.717, 1.165) is 12.3 Å². The highest BCUT2D eigenvalue weighted by atomic mass is 16.3. The molecule has 2 saturated carbocycles. The van der Waals surface area contributed by atoms with Gasteiger partial charge in [0.25, 0.3) is 0 Å². The van der Waals surface area contributed by atoms with Crippen LogP contribution < -0.4 is 0 Å². The SMILES string of the molecule is CC1CC2CC(c3ccccc3)(C1)CC(C)C2(C)O. The molecule has 5 unspecified atom stereocenters. The van der Waals surface area contributed by atoms with Crippen LogP contribution in [0.25, 0.3) is 0 Å². The fourth-order valence-corrected chi connectivity index (χ4v) is 4.83. The van der Waals surface area contributed by atoms with Crippen molar-refractivity contribution in [2.75, 3.05) is 0 Å². The molecule has 5 atom stereocenters. The van der Waals surface area contributed by atoms with Crippen molar-refractivity contribution in [2.24, 2.45) is 17.8 Å². The molecule has 1 aromatic rings. The van der Waals surface area contributed by atoms with Gasteiger partial charge in [-0.3, -0.25) is 0 Å². The molecule has 0 aromatic heterocycles. The zero-order chi connectivity index (χ0) is 13.7. The average Bonchev–Trinajstić information content (AvgIpc) is 2.37. The van der Waals surface area contributed by atoms with Gasteiger partial charge in [0.2, 0.25) is 0 Å². The largest absolute Gasteiger partial charge is 0.390 e. The third-order valence-electron chi connectivity index (χ3n) is 5.97. The number of hydrogen-bond acceptors (Lipinski definition) is 1. The van der Waals surface area contributed by atoms with Crippen LogP contribution >= 0.6 is 0 Å². The first kappa shape index (κ1) is 13.2. The first-order valence-electron chi connectivity index (χ1n) is 7.72. The van der Waals surface area contributed by atoms with Gasteiger partial charge in [0.1, 0.15) is 0 Å². The fraction of sp³-hybridized carbons (Fsp3) is 0.667. The van der Waals surface area contributed by atoms with Gasteiger partial charge < -0.3 is 5.11 Å². The predicted molar refractivity (Wildman–Crippen MR) is 79.0 cm³/mol. The molecule has 0 heterocycles. The highest BCUT2D eigenvalue weighted by Gasteiger charge is 2.53. The van der Waals surface area contributed by atoms with E-state index in [1.165, 1.54) is 24.8 Å².